The molecule has 0 aliphatic heterocycles. The van der Waals surface area contributed by atoms with Crippen LogP contribution in [0, 0.1) is 12.8 Å². The number of amides is 1. The van der Waals surface area contributed by atoms with Crippen molar-refractivity contribution in [2.24, 2.45) is 5.92 Å². The summed E-state index contributed by atoms with van der Waals surface area (Å²) in [6.45, 7) is 6.24. The summed E-state index contributed by atoms with van der Waals surface area (Å²) >= 11 is 4.83. The van der Waals surface area contributed by atoms with E-state index < -0.39 is 0 Å². The molecular weight excluding hydrogens is 338 g/mol. The molecule has 4 nitrogen and oxygen atoms in total. The third kappa shape index (κ3) is 3.86. The molecule has 2 aromatic rings. The number of hydrogen-bond acceptors (Lipinski definition) is 4. The first-order valence-corrected chi connectivity index (χ1v) is 7.96. The Bertz CT molecular complexity index is 625. The molecule has 1 heterocycles. The van der Waals surface area contributed by atoms with Crippen molar-refractivity contribution in [1.82, 2.24) is 10.2 Å². The Labute approximate surface area is 130 Å². The Morgan fingerprint density at radius 3 is 2.80 bits per heavy atom. The van der Waals surface area contributed by atoms with Gasteiger partial charge in [-0.3, -0.25) is 10.1 Å². The molecule has 1 aromatic heterocycles. The van der Waals surface area contributed by atoms with E-state index in [2.05, 4.69) is 45.3 Å². The molecule has 1 amide bonds. The number of aryl methyl sites for hydroxylation is 1. The molecule has 106 valence electrons. The lowest BCUT2D eigenvalue weighted by atomic mass is 10.1. The van der Waals surface area contributed by atoms with E-state index in [4.69, 9.17) is 0 Å². The minimum absolute atomic E-state index is 0.177. The van der Waals surface area contributed by atoms with Crippen LogP contribution in [-0.4, -0.2) is 16.1 Å². The number of benzene rings is 1. The van der Waals surface area contributed by atoms with Crippen molar-refractivity contribution < 1.29 is 4.79 Å². The van der Waals surface area contributed by atoms with Gasteiger partial charge >= 0.3 is 0 Å². The van der Waals surface area contributed by atoms with Crippen LogP contribution in [0.5, 0.6) is 0 Å². The van der Waals surface area contributed by atoms with Crippen LogP contribution in [0.1, 0.15) is 34.8 Å². The SMILES string of the molecule is Cc1ccc(C(=O)Nc2nnc(CC(C)C)s2)c(Br)c1. The largest absolute Gasteiger partial charge is 0.296 e. The number of halogens is 1. The van der Waals surface area contributed by atoms with Gasteiger partial charge in [0.1, 0.15) is 5.01 Å². The molecule has 0 spiro atoms. The summed E-state index contributed by atoms with van der Waals surface area (Å²) in [5, 5.41) is 12.4. The molecule has 0 saturated heterocycles. The number of anilines is 1. The van der Waals surface area contributed by atoms with Gasteiger partial charge in [0.15, 0.2) is 0 Å². The molecule has 0 aliphatic carbocycles. The zero-order valence-corrected chi connectivity index (χ0v) is 14.0. The highest BCUT2D eigenvalue weighted by molar-refractivity contribution is 9.10. The molecule has 0 aliphatic rings. The second kappa shape index (κ2) is 6.45. The maximum Gasteiger partial charge on any atom is 0.258 e. The number of rotatable bonds is 4. The topological polar surface area (TPSA) is 54.9 Å². The highest BCUT2D eigenvalue weighted by Gasteiger charge is 2.13. The molecule has 0 fully saturated rings. The van der Waals surface area contributed by atoms with Crippen molar-refractivity contribution in [3.8, 4) is 0 Å². The average molecular weight is 354 g/mol. The summed E-state index contributed by atoms with van der Waals surface area (Å²) in [6, 6.07) is 5.62. The Morgan fingerprint density at radius 2 is 2.15 bits per heavy atom. The first-order chi connectivity index (χ1) is 9.45. The molecule has 0 radical (unpaired) electrons. The van der Waals surface area contributed by atoms with Crippen LogP contribution < -0.4 is 5.32 Å². The number of nitrogens with zero attached hydrogens (tertiary/aromatic N) is 2. The highest BCUT2D eigenvalue weighted by atomic mass is 79.9. The van der Waals surface area contributed by atoms with Crippen LogP contribution >= 0.6 is 27.3 Å². The van der Waals surface area contributed by atoms with Gasteiger partial charge in [0.05, 0.1) is 5.56 Å². The lowest BCUT2D eigenvalue weighted by Crippen LogP contribution is -2.12. The monoisotopic (exact) mass is 353 g/mol. The van der Waals surface area contributed by atoms with Gasteiger partial charge in [0.2, 0.25) is 5.13 Å². The van der Waals surface area contributed by atoms with Gasteiger partial charge in [0.25, 0.3) is 5.91 Å². The maximum absolute atomic E-state index is 12.2. The molecule has 20 heavy (non-hydrogen) atoms. The van der Waals surface area contributed by atoms with Crippen molar-refractivity contribution in [3.05, 3.63) is 38.8 Å². The van der Waals surface area contributed by atoms with Crippen LogP contribution in [0.25, 0.3) is 0 Å². The minimum atomic E-state index is -0.177. The van der Waals surface area contributed by atoms with Gasteiger partial charge in [-0.05, 0) is 46.5 Å². The third-order valence-corrected chi connectivity index (χ3v) is 4.16. The Balaban J connectivity index is 2.09. The lowest BCUT2D eigenvalue weighted by molar-refractivity contribution is 0.102. The molecule has 2 rings (SSSR count). The third-order valence-electron chi connectivity index (χ3n) is 2.64. The predicted octanol–water partition coefficient (Wildman–Crippen LogP) is 4.06. The zero-order chi connectivity index (χ0) is 14.7. The van der Waals surface area contributed by atoms with Crippen molar-refractivity contribution in [1.29, 1.82) is 0 Å². The molecule has 0 bridgehead atoms. The molecule has 0 unspecified atom stereocenters. The number of carbonyl (C=O) groups excluding carboxylic acids is 1. The number of hydrogen-bond donors (Lipinski definition) is 1. The number of aromatic nitrogens is 2. The van der Waals surface area contributed by atoms with Gasteiger partial charge in [-0.25, -0.2) is 0 Å². The fourth-order valence-corrected chi connectivity index (χ4v) is 3.32. The first kappa shape index (κ1) is 15.1. The molecule has 0 saturated carbocycles. The Kier molecular flexibility index (Phi) is 4.88. The van der Waals surface area contributed by atoms with E-state index in [1.54, 1.807) is 6.07 Å². The van der Waals surface area contributed by atoms with Crippen molar-refractivity contribution >= 4 is 38.3 Å². The second-order valence-corrected chi connectivity index (χ2v) is 6.95. The van der Waals surface area contributed by atoms with Gasteiger partial charge in [-0.1, -0.05) is 31.3 Å². The molecule has 1 N–H and O–H groups in total. The predicted molar refractivity (Wildman–Crippen MR) is 85.3 cm³/mol. The summed E-state index contributed by atoms with van der Waals surface area (Å²) in [5.41, 5.74) is 1.69. The maximum atomic E-state index is 12.2. The van der Waals surface area contributed by atoms with E-state index in [9.17, 15) is 4.79 Å². The average Bonchev–Trinajstić information content (AvgIpc) is 2.75. The van der Waals surface area contributed by atoms with Gasteiger partial charge < -0.3 is 0 Å². The van der Waals surface area contributed by atoms with Gasteiger partial charge in [0, 0.05) is 10.9 Å². The smallest absolute Gasteiger partial charge is 0.258 e. The Hall–Kier alpha value is -1.27. The van der Waals surface area contributed by atoms with Crippen LogP contribution in [0.4, 0.5) is 5.13 Å². The highest BCUT2D eigenvalue weighted by Crippen LogP contribution is 2.22. The fraction of sp³-hybridized carbons (Fsp3) is 0.357. The van der Waals surface area contributed by atoms with Crippen LogP contribution in [0.15, 0.2) is 22.7 Å². The van der Waals surface area contributed by atoms with Gasteiger partial charge in [-0.2, -0.15) is 0 Å². The number of carbonyl (C=O) groups is 1. The van der Waals surface area contributed by atoms with E-state index in [-0.39, 0.29) is 5.91 Å². The standard InChI is InChI=1S/C14H16BrN3OS/c1-8(2)6-12-17-18-14(20-12)16-13(19)10-5-4-9(3)7-11(10)15/h4-5,7-8H,6H2,1-3H3,(H,16,18,19). The normalized spacial score (nSPS) is 10.8. The summed E-state index contributed by atoms with van der Waals surface area (Å²) in [5.74, 6) is 0.349. The van der Waals surface area contributed by atoms with E-state index >= 15 is 0 Å². The quantitative estimate of drug-likeness (QED) is 0.901. The summed E-state index contributed by atoms with van der Waals surface area (Å²) < 4.78 is 0.780. The Morgan fingerprint density at radius 1 is 1.40 bits per heavy atom. The second-order valence-electron chi connectivity index (χ2n) is 5.04. The van der Waals surface area contributed by atoms with Crippen molar-refractivity contribution in [2.75, 3.05) is 5.32 Å². The zero-order valence-electron chi connectivity index (χ0n) is 11.6. The fourth-order valence-electron chi connectivity index (χ4n) is 1.70. The number of nitrogens with one attached hydrogen (secondary N) is 1. The van der Waals surface area contributed by atoms with Crippen molar-refractivity contribution in [2.45, 2.75) is 27.2 Å². The molecular formula is C14H16BrN3OS. The van der Waals surface area contributed by atoms with E-state index in [1.165, 1.54) is 11.3 Å². The molecule has 6 heteroatoms. The van der Waals surface area contributed by atoms with E-state index in [0.717, 1.165) is 21.5 Å². The first-order valence-electron chi connectivity index (χ1n) is 6.35. The van der Waals surface area contributed by atoms with Crippen LogP contribution in [0.2, 0.25) is 0 Å². The molecule has 0 atom stereocenters. The molecule has 1 aromatic carbocycles. The van der Waals surface area contributed by atoms with Crippen molar-refractivity contribution in [3.63, 3.8) is 0 Å². The summed E-state index contributed by atoms with van der Waals surface area (Å²) in [7, 11) is 0. The van der Waals surface area contributed by atoms with Crippen LogP contribution in [0.3, 0.4) is 0 Å². The van der Waals surface area contributed by atoms with E-state index in [1.807, 2.05) is 19.1 Å². The summed E-state index contributed by atoms with van der Waals surface area (Å²) in [6.07, 6.45) is 0.877. The lowest BCUT2D eigenvalue weighted by Gasteiger charge is -2.04. The summed E-state index contributed by atoms with van der Waals surface area (Å²) in [4.78, 5) is 12.2. The van der Waals surface area contributed by atoms with Crippen LogP contribution in [-0.2, 0) is 6.42 Å². The minimum Gasteiger partial charge on any atom is -0.296 e. The van der Waals surface area contributed by atoms with E-state index in [0.29, 0.717) is 16.6 Å². The van der Waals surface area contributed by atoms with Gasteiger partial charge in [-0.15, -0.1) is 10.2 Å².